The number of hydrogen-bond acceptors (Lipinski definition) is 2. The molecule has 3 nitrogen and oxygen atoms in total. The number of carbonyl (C=O) groups is 1. The van der Waals surface area contributed by atoms with Crippen molar-refractivity contribution in [3.63, 3.8) is 0 Å². The van der Waals surface area contributed by atoms with Crippen LogP contribution in [0.2, 0.25) is 0 Å². The molecular weight excluding hydrogens is 248 g/mol. The zero-order chi connectivity index (χ0) is 14.1. The van der Waals surface area contributed by atoms with Gasteiger partial charge in [-0.1, -0.05) is 24.3 Å². The van der Waals surface area contributed by atoms with Crippen LogP contribution in [-0.4, -0.2) is 36.0 Å². The third kappa shape index (κ3) is 2.59. The highest BCUT2D eigenvalue weighted by Gasteiger charge is 2.33. The van der Waals surface area contributed by atoms with Gasteiger partial charge in [-0.25, -0.2) is 0 Å². The predicted molar refractivity (Wildman–Crippen MR) is 80.6 cm³/mol. The van der Waals surface area contributed by atoms with Gasteiger partial charge in [-0.2, -0.15) is 0 Å². The largest absolute Gasteiger partial charge is 0.337 e. The van der Waals surface area contributed by atoms with Gasteiger partial charge in [0.15, 0.2) is 0 Å². The van der Waals surface area contributed by atoms with Crippen LogP contribution in [0, 0.1) is 5.92 Å². The summed E-state index contributed by atoms with van der Waals surface area (Å²) >= 11 is 0. The Kier molecular flexibility index (Phi) is 3.79. The second-order valence-corrected chi connectivity index (χ2v) is 6.36. The monoisotopic (exact) mass is 272 g/mol. The van der Waals surface area contributed by atoms with Crippen molar-refractivity contribution in [3.05, 3.63) is 35.4 Å². The molecule has 1 fully saturated rings. The van der Waals surface area contributed by atoms with Gasteiger partial charge in [0, 0.05) is 31.1 Å². The summed E-state index contributed by atoms with van der Waals surface area (Å²) in [6.45, 7) is 6.06. The van der Waals surface area contributed by atoms with Crippen LogP contribution in [0.5, 0.6) is 0 Å². The SMILES string of the molecule is CC1CN(C(=O)C2CCc3ccccc3C2)C(C)CN1. The molecule has 2 aliphatic rings. The molecule has 3 atom stereocenters. The van der Waals surface area contributed by atoms with Crippen LogP contribution in [0.15, 0.2) is 24.3 Å². The first-order valence-corrected chi connectivity index (χ1v) is 7.76. The second-order valence-electron chi connectivity index (χ2n) is 6.36. The highest BCUT2D eigenvalue weighted by molar-refractivity contribution is 5.80. The van der Waals surface area contributed by atoms with Crippen molar-refractivity contribution in [3.8, 4) is 0 Å². The van der Waals surface area contributed by atoms with Crippen molar-refractivity contribution in [1.29, 1.82) is 0 Å². The number of carbonyl (C=O) groups excluding carboxylic acids is 1. The van der Waals surface area contributed by atoms with Crippen molar-refractivity contribution in [2.45, 2.75) is 45.2 Å². The summed E-state index contributed by atoms with van der Waals surface area (Å²) < 4.78 is 0. The molecule has 3 rings (SSSR count). The van der Waals surface area contributed by atoms with Crippen LogP contribution >= 0.6 is 0 Å². The Morgan fingerprint density at radius 2 is 2.00 bits per heavy atom. The van der Waals surface area contributed by atoms with Gasteiger partial charge < -0.3 is 10.2 Å². The molecule has 1 aromatic carbocycles. The molecule has 0 saturated carbocycles. The number of aryl methyl sites for hydroxylation is 1. The maximum absolute atomic E-state index is 12.8. The molecular formula is C17H24N2O. The molecule has 108 valence electrons. The van der Waals surface area contributed by atoms with E-state index in [1.807, 2.05) is 0 Å². The van der Waals surface area contributed by atoms with Gasteiger partial charge in [0.25, 0.3) is 0 Å². The Morgan fingerprint density at radius 1 is 1.25 bits per heavy atom. The molecule has 1 amide bonds. The number of nitrogens with one attached hydrogen (secondary N) is 1. The topological polar surface area (TPSA) is 32.3 Å². The number of hydrogen-bond donors (Lipinski definition) is 1. The number of amides is 1. The van der Waals surface area contributed by atoms with Crippen molar-refractivity contribution < 1.29 is 4.79 Å². The van der Waals surface area contributed by atoms with Crippen molar-refractivity contribution >= 4 is 5.91 Å². The minimum atomic E-state index is 0.178. The van der Waals surface area contributed by atoms with E-state index in [4.69, 9.17) is 0 Å². The maximum Gasteiger partial charge on any atom is 0.226 e. The Labute approximate surface area is 121 Å². The molecule has 1 N–H and O–H groups in total. The summed E-state index contributed by atoms with van der Waals surface area (Å²) in [6.07, 6.45) is 2.96. The average Bonchev–Trinajstić information content (AvgIpc) is 2.48. The molecule has 1 heterocycles. The van der Waals surface area contributed by atoms with Crippen LogP contribution in [0.3, 0.4) is 0 Å². The fourth-order valence-electron chi connectivity index (χ4n) is 3.47. The van der Waals surface area contributed by atoms with E-state index < -0.39 is 0 Å². The summed E-state index contributed by atoms with van der Waals surface area (Å²) in [5.41, 5.74) is 2.80. The van der Waals surface area contributed by atoms with Crippen LogP contribution in [0.25, 0.3) is 0 Å². The quantitative estimate of drug-likeness (QED) is 0.848. The number of benzene rings is 1. The third-order valence-corrected chi connectivity index (χ3v) is 4.74. The van der Waals surface area contributed by atoms with Crippen molar-refractivity contribution in [2.75, 3.05) is 13.1 Å². The number of nitrogens with zero attached hydrogens (tertiary/aromatic N) is 1. The molecule has 1 saturated heterocycles. The van der Waals surface area contributed by atoms with Gasteiger partial charge in [-0.3, -0.25) is 4.79 Å². The van der Waals surface area contributed by atoms with Gasteiger partial charge in [-0.05, 0) is 44.2 Å². The molecule has 0 spiro atoms. The third-order valence-electron chi connectivity index (χ3n) is 4.74. The number of fused-ring (bicyclic) bond motifs is 1. The lowest BCUT2D eigenvalue weighted by atomic mass is 9.83. The summed E-state index contributed by atoms with van der Waals surface area (Å²) in [6, 6.07) is 9.29. The van der Waals surface area contributed by atoms with Gasteiger partial charge in [0.1, 0.15) is 0 Å². The Balaban J connectivity index is 1.72. The zero-order valence-corrected chi connectivity index (χ0v) is 12.4. The van der Waals surface area contributed by atoms with E-state index in [0.717, 1.165) is 32.4 Å². The minimum absolute atomic E-state index is 0.178. The van der Waals surface area contributed by atoms with Crippen LogP contribution in [-0.2, 0) is 17.6 Å². The molecule has 3 unspecified atom stereocenters. The van der Waals surface area contributed by atoms with E-state index >= 15 is 0 Å². The minimum Gasteiger partial charge on any atom is -0.337 e. The standard InChI is InChI=1S/C17H24N2O/c1-12-11-19(13(2)10-18-12)17(20)16-8-7-14-5-3-4-6-15(14)9-16/h3-6,12-13,16,18H,7-11H2,1-2H3. The molecule has 0 radical (unpaired) electrons. The molecule has 1 aromatic rings. The first-order valence-electron chi connectivity index (χ1n) is 7.76. The normalized spacial score (nSPS) is 29.9. The highest BCUT2D eigenvalue weighted by Crippen LogP contribution is 2.27. The van der Waals surface area contributed by atoms with Gasteiger partial charge in [0.2, 0.25) is 5.91 Å². The van der Waals surface area contributed by atoms with E-state index in [1.165, 1.54) is 11.1 Å². The number of piperazine rings is 1. The maximum atomic E-state index is 12.8. The lowest BCUT2D eigenvalue weighted by Gasteiger charge is -2.40. The molecule has 20 heavy (non-hydrogen) atoms. The van der Waals surface area contributed by atoms with Crippen LogP contribution < -0.4 is 5.32 Å². The zero-order valence-electron chi connectivity index (χ0n) is 12.4. The Bertz CT molecular complexity index is 500. The molecule has 1 aliphatic carbocycles. The summed E-state index contributed by atoms with van der Waals surface area (Å²) in [7, 11) is 0. The fourth-order valence-corrected chi connectivity index (χ4v) is 3.47. The molecule has 1 aliphatic heterocycles. The van der Waals surface area contributed by atoms with E-state index in [0.29, 0.717) is 18.0 Å². The highest BCUT2D eigenvalue weighted by atomic mass is 16.2. The Hall–Kier alpha value is -1.35. The van der Waals surface area contributed by atoms with E-state index in [9.17, 15) is 4.79 Å². The smallest absolute Gasteiger partial charge is 0.226 e. The van der Waals surface area contributed by atoms with Crippen LogP contribution in [0.1, 0.15) is 31.4 Å². The Morgan fingerprint density at radius 3 is 2.80 bits per heavy atom. The van der Waals surface area contributed by atoms with E-state index in [1.54, 1.807) is 0 Å². The fraction of sp³-hybridized carbons (Fsp3) is 0.588. The first-order chi connectivity index (χ1) is 9.65. The van der Waals surface area contributed by atoms with Crippen LogP contribution in [0.4, 0.5) is 0 Å². The summed E-state index contributed by atoms with van der Waals surface area (Å²) in [5.74, 6) is 0.540. The molecule has 3 heteroatoms. The second kappa shape index (κ2) is 5.57. The van der Waals surface area contributed by atoms with Gasteiger partial charge in [-0.15, -0.1) is 0 Å². The lowest BCUT2D eigenvalue weighted by molar-refractivity contribution is -0.139. The van der Waals surface area contributed by atoms with E-state index in [-0.39, 0.29) is 5.92 Å². The average molecular weight is 272 g/mol. The molecule has 0 aromatic heterocycles. The predicted octanol–water partition coefficient (Wildman–Crippen LogP) is 2.00. The van der Waals surface area contributed by atoms with Crippen molar-refractivity contribution in [1.82, 2.24) is 10.2 Å². The van der Waals surface area contributed by atoms with Gasteiger partial charge >= 0.3 is 0 Å². The van der Waals surface area contributed by atoms with E-state index in [2.05, 4.69) is 48.3 Å². The molecule has 0 bridgehead atoms. The van der Waals surface area contributed by atoms with Crippen molar-refractivity contribution in [2.24, 2.45) is 5.92 Å². The summed E-state index contributed by atoms with van der Waals surface area (Å²) in [4.78, 5) is 14.9. The van der Waals surface area contributed by atoms with Gasteiger partial charge in [0.05, 0.1) is 0 Å². The lowest BCUT2D eigenvalue weighted by Crippen LogP contribution is -2.57. The number of rotatable bonds is 1. The summed E-state index contributed by atoms with van der Waals surface area (Å²) in [5, 5.41) is 3.44. The first kappa shape index (κ1) is 13.6.